The molecule has 0 N–H and O–H groups in total. The van der Waals surface area contributed by atoms with Crippen LogP contribution in [0.2, 0.25) is 0 Å². The van der Waals surface area contributed by atoms with E-state index in [-0.39, 0.29) is 17.7 Å². The molecule has 41 heavy (non-hydrogen) atoms. The van der Waals surface area contributed by atoms with E-state index in [0.717, 1.165) is 0 Å². The molecule has 1 atom stereocenters. The van der Waals surface area contributed by atoms with Gasteiger partial charge in [0.05, 0.1) is 63.5 Å². The van der Waals surface area contributed by atoms with E-state index >= 15 is 0 Å². The predicted molar refractivity (Wildman–Crippen MR) is 158 cm³/mol. The Bertz CT molecular complexity index is 1690. The van der Waals surface area contributed by atoms with Crippen molar-refractivity contribution in [2.75, 3.05) is 41.7 Å². The van der Waals surface area contributed by atoms with E-state index in [1.165, 1.54) is 44.3 Å². The molecule has 0 amide bonds. The van der Waals surface area contributed by atoms with Gasteiger partial charge in [0.2, 0.25) is 5.75 Å². The molecule has 1 aliphatic rings. The summed E-state index contributed by atoms with van der Waals surface area (Å²) in [6.07, 6.45) is 1.71. The third-order valence-corrected chi connectivity index (χ3v) is 8.09. The molecule has 2 heterocycles. The zero-order valence-corrected chi connectivity index (χ0v) is 26.2. The number of thiazole rings is 1. The van der Waals surface area contributed by atoms with Crippen LogP contribution < -0.4 is 38.6 Å². The maximum Gasteiger partial charge on any atom is 0.338 e. The second kappa shape index (κ2) is 12.8. The topological polar surface area (TPSA) is 107 Å². The molecule has 0 radical (unpaired) electrons. The standard InChI is InChI=1S/C29H31BrN2O8S/c1-8-39-21-14-18(30)17(13-20(21)36-5)24-23(28(34)40-9-2)15(3)31-29-32(24)27(33)22(41-29)12-16-10-11-19(35-4)26(38-7)25(16)37-6/h10-14,24H,8-9H2,1-7H3/b22-12+/t24-/m0/s1. The van der Waals surface area contributed by atoms with Crippen LogP contribution in [-0.2, 0) is 9.53 Å². The van der Waals surface area contributed by atoms with Crippen LogP contribution in [0.15, 0.2) is 49.8 Å². The molecule has 0 saturated heterocycles. The highest BCUT2D eigenvalue weighted by Gasteiger charge is 2.35. The minimum atomic E-state index is -0.848. The first kappa shape index (κ1) is 30.2. The Labute approximate surface area is 249 Å². The molecule has 2 aromatic carbocycles. The molecule has 12 heteroatoms. The van der Waals surface area contributed by atoms with Crippen molar-refractivity contribution in [3.8, 4) is 28.7 Å². The molecule has 0 bridgehead atoms. The number of fused-ring (bicyclic) bond motifs is 1. The highest BCUT2D eigenvalue weighted by Crippen LogP contribution is 2.42. The van der Waals surface area contributed by atoms with Crippen LogP contribution in [-0.4, -0.2) is 52.2 Å². The first-order valence-corrected chi connectivity index (χ1v) is 14.3. The zero-order valence-electron chi connectivity index (χ0n) is 23.8. The summed E-state index contributed by atoms with van der Waals surface area (Å²) in [4.78, 5) is 32.4. The summed E-state index contributed by atoms with van der Waals surface area (Å²) in [5.41, 5.74) is 1.58. The number of carbonyl (C=O) groups is 1. The predicted octanol–water partition coefficient (Wildman–Crippen LogP) is 3.99. The molecular weight excluding hydrogens is 616 g/mol. The lowest BCUT2D eigenvalue weighted by Crippen LogP contribution is -2.40. The number of nitrogens with zero attached hydrogens (tertiary/aromatic N) is 2. The van der Waals surface area contributed by atoms with E-state index in [4.69, 9.17) is 28.4 Å². The smallest absolute Gasteiger partial charge is 0.338 e. The van der Waals surface area contributed by atoms with E-state index in [2.05, 4.69) is 20.9 Å². The monoisotopic (exact) mass is 646 g/mol. The summed E-state index contributed by atoms with van der Waals surface area (Å²) in [5.74, 6) is 1.73. The lowest BCUT2D eigenvalue weighted by molar-refractivity contribution is -0.139. The fourth-order valence-corrected chi connectivity index (χ4v) is 6.23. The van der Waals surface area contributed by atoms with Gasteiger partial charge in [0.1, 0.15) is 0 Å². The van der Waals surface area contributed by atoms with Gasteiger partial charge in [-0.25, -0.2) is 9.79 Å². The van der Waals surface area contributed by atoms with Gasteiger partial charge in [0.25, 0.3) is 5.56 Å². The second-order valence-electron chi connectivity index (χ2n) is 8.68. The van der Waals surface area contributed by atoms with E-state index in [1.807, 2.05) is 6.92 Å². The molecule has 1 aliphatic heterocycles. The molecule has 0 unspecified atom stereocenters. The van der Waals surface area contributed by atoms with E-state index in [0.29, 0.717) is 66.0 Å². The van der Waals surface area contributed by atoms with Crippen LogP contribution in [0, 0.1) is 0 Å². The first-order valence-electron chi connectivity index (χ1n) is 12.7. The third-order valence-electron chi connectivity index (χ3n) is 6.42. The maximum atomic E-state index is 14.1. The summed E-state index contributed by atoms with van der Waals surface area (Å²) >= 11 is 4.83. The summed E-state index contributed by atoms with van der Waals surface area (Å²) in [5, 5.41) is 0. The Morgan fingerprint density at radius 1 is 1.00 bits per heavy atom. The van der Waals surface area contributed by atoms with Gasteiger partial charge < -0.3 is 28.4 Å². The number of aromatic nitrogens is 1. The molecule has 0 saturated carbocycles. The minimum Gasteiger partial charge on any atom is -0.493 e. The largest absolute Gasteiger partial charge is 0.493 e. The summed E-state index contributed by atoms with van der Waals surface area (Å²) in [7, 11) is 6.10. The average Bonchev–Trinajstić information content (AvgIpc) is 3.26. The number of hydrogen-bond acceptors (Lipinski definition) is 10. The van der Waals surface area contributed by atoms with Gasteiger partial charge in [0.15, 0.2) is 27.8 Å². The molecule has 1 aromatic heterocycles. The van der Waals surface area contributed by atoms with Crippen molar-refractivity contribution in [1.29, 1.82) is 0 Å². The van der Waals surface area contributed by atoms with Crippen LogP contribution in [0.1, 0.15) is 37.9 Å². The van der Waals surface area contributed by atoms with Crippen LogP contribution >= 0.6 is 27.3 Å². The van der Waals surface area contributed by atoms with Gasteiger partial charge >= 0.3 is 5.97 Å². The van der Waals surface area contributed by atoms with Gasteiger partial charge in [-0.05, 0) is 56.7 Å². The van der Waals surface area contributed by atoms with E-state index in [9.17, 15) is 9.59 Å². The number of methoxy groups -OCH3 is 4. The fraction of sp³-hybridized carbons (Fsp3) is 0.345. The minimum absolute atomic E-state index is 0.166. The van der Waals surface area contributed by atoms with Crippen molar-refractivity contribution in [3.63, 3.8) is 0 Å². The van der Waals surface area contributed by atoms with Gasteiger partial charge in [0, 0.05) is 10.0 Å². The quantitative estimate of drug-likeness (QED) is 0.304. The van der Waals surface area contributed by atoms with Crippen molar-refractivity contribution in [1.82, 2.24) is 4.57 Å². The van der Waals surface area contributed by atoms with Crippen molar-refractivity contribution in [3.05, 3.63) is 70.8 Å². The highest BCUT2D eigenvalue weighted by atomic mass is 79.9. The second-order valence-corrected chi connectivity index (χ2v) is 10.5. The number of halogens is 1. The molecule has 10 nitrogen and oxygen atoms in total. The SMILES string of the molecule is CCOC(=O)C1=C(C)N=c2s/c(=C/c3ccc(OC)c(OC)c3OC)c(=O)n2[C@H]1c1cc(OC)c(OCC)cc1Br. The van der Waals surface area contributed by atoms with Crippen LogP contribution in [0.5, 0.6) is 28.7 Å². The Kier molecular flexibility index (Phi) is 9.44. The Morgan fingerprint density at radius 2 is 1.71 bits per heavy atom. The van der Waals surface area contributed by atoms with Crippen molar-refractivity contribution >= 4 is 39.3 Å². The van der Waals surface area contributed by atoms with Crippen LogP contribution in [0.3, 0.4) is 0 Å². The first-order chi connectivity index (χ1) is 19.7. The van der Waals surface area contributed by atoms with E-state index < -0.39 is 12.0 Å². The normalized spacial score (nSPS) is 14.7. The van der Waals surface area contributed by atoms with Gasteiger partial charge in [-0.3, -0.25) is 9.36 Å². The summed E-state index contributed by atoms with van der Waals surface area (Å²) < 4.78 is 35.7. The van der Waals surface area contributed by atoms with Gasteiger partial charge in [-0.1, -0.05) is 27.3 Å². The number of ether oxygens (including phenoxy) is 6. The van der Waals surface area contributed by atoms with Crippen molar-refractivity contribution in [2.24, 2.45) is 4.99 Å². The van der Waals surface area contributed by atoms with E-state index in [1.54, 1.807) is 44.2 Å². The highest BCUT2D eigenvalue weighted by molar-refractivity contribution is 9.10. The molecule has 4 rings (SSSR count). The number of allylic oxidation sites excluding steroid dienone is 1. The molecule has 218 valence electrons. The molecule has 0 spiro atoms. The van der Waals surface area contributed by atoms with Crippen molar-refractivity contribution < 1.29 is 33.2 Å². The van der Waals surface area contributed by atoms with Crippen LogP contribution in [0.4, 0.5) is 0 Å². The molecular formula is C29H31BrN2O8S. The molecule has 3 aromatic rings. The lowest BCUT2D eigenvalue weighted by Gasteiger charge is -2.26. The van der Waals surface area contributed by atoms with Gasteiger partial charge in [-0.2, -0.15) is 0 Å². The molecule has 0 fully saturated rings. The number of benzene rings is 2. The number of carbonyl (C=O) groups excluding carboxylic acids is 1. The lowest BCUT2D eigenvalue weighted by atomic mass is 9.95. The average molecular weight is 648 g/mol. The number of esters is 1. The Hall–Kier alpha value is -3.77. The zero-order chi connectivity index (χ0) is 29.8. The Balaban J connectivity index is 2.02. The maximum absolute atomic E-state index is 14.1. The summed E-state index contributed by atoms with van der Waals surface area (Å²) in [6, 6.07) is 6.18. The number of rotatable bonds is 10. The summed E-state index contributed by atoms with van der Waals surface area (Å²) in [6.45, 7) is 5.93. The third kappa shape index (κ3) is 5.58. The van der Waals surface area contributed by atoms with Gasteiger partial charge in [-0.15, -0.1) is 0 Å². The Morgan fingerprint density at radius 3 is 2.32 bits per heavy atom. The molecule has 0 aliphatic carbocycles. The van der Waals surface area contributed by atoms with Crippen LogP contribution in [0.25, 0.3) is 6.08 Å². The van der Waals surface area contributed by atoms with Crippen molar-refractivity contribution in [2.45, 2.75) is 26.8 Å². The fourth-order valence-electron chi connectivity index (χ4n) is 4.65. The number of hydrogen-bond donors (Lipinski definition) is 0.